The van der Waals surface area contributed by atoms with Crippen molar-refractivity contribution >= 4 is 66.8 Å². The van der Waals surface area contributed by atoms with Crippen molar-refractivity contribution in [3.8, 4) is 0 Å². The first-order chi connectivity index (χ1) is 11.4. The highest BCUT2D eigenvalue weighted by Crippen LogP contribution is 2.25. The number of nitrogens with one attached hydrogen (secondary N) is 2. The number of aromatic amines is 1. The van der Waals surface area contributed by atoms with Crippen LogP contribution in [-0.2, 0) is 6.54 Å². The van der Waals surface area contributed by atoms with E-state index in [0.717, 1.165) is 5.56 Å². The topological polar surface area (TPSA) is 75.6 Å². The molecule has 0 bridgehead atoms. The van der Waals surface area contributed by atoms with Gasteiger partial charge in [-0.05, 0) is 49.6 Å². The fourth-order valence-corrected chi connectivity index (χ4v) is 2.93. The first kappa shape index (κ1) is 17.5. The third kappa shape index (κ3) is 3.83. The summed E-state index contributed by atoms with van der Waals surface area (Å²) in [5, 5.41) is 14.6. The molecule has 2 N–H and O–H groups in total. The van der Waals surface area contributed by atoms with Crippen molar-refractivity contribution in [1.29, 1.82) is 0 Å². The van der Waals surface area contributed by atoms with Gasteiger partial charge in [0.2, 0.25) is 0 Å². The summed E-state index contributed by atoms with van der Waals surface area (Å²) in [6, 6.07) is 7.08. The molecule has 6 nitrogen and oxygen atoms in total. The van der Waals surface area contributed by atoms with E-state index in [1.165, 1.54) is 0 Å². The summed E-state index contributed by atoms with van der Waals surface area (Å²) in [4.78, 5) is 12.2. The molecule has 3 rings (SSSR count). The molecule has 0 fully saturated rings. The number of rotatable bonds is 4. The molecule has 0 aliphatic carbocycles. The monoisotopic (exact) mass is 491 g/mol. The second-order valence-electron chi connectivity index (χ2n) is 4.80. The highest BCUT2D eigenvalue weighted by molar-refractivity contribution is 9.13. The van der Waals surface area contributed by atoms with Crippen LogP contribution in [-0.4, -0.2) is 25.9 Å². The van der Waals surface area contributed by atoms with Crippen molar-refractivity contribution in [2.24, 2.45) is 0 Å². The van der Waals surface area contributed by atoms with E-state index in [9.17, 15) is 4.79 Å². The van der Waals surface area contributed by atoms with Crippen LogP contribution in [0, 0.1) is 0 Å². The summed E-state index contributed by atoms with van der Waals surface area (Å²) in [6.45, 7) is 0.504. The summed E-state index contributed by atoms with van der Waals surface area (Å²) in [5.74, 6) is 0.0506. The molecule has 0 aliphatic heterocycles. The van der Waals surface area contributed by atoms with Crippen LogP contribution >= 0.6 is 55.1 Å². The standard InChI is InChI=1S/C14H9Br2Cl2N5O/c15-11-12(20-21-13(11)16)14(24)19-10-3-4-23(22-10)6-7-1-2-8(17)9(18)5-7/h1-5H,6H2,(H,20,21)(H,19,22,24). The Labute approximate surface area is 163 Å². The lowest BCUT2D eigenvalue weighted by Gasteiger charge is -2.04. The molecule has 3 aromatic rings. The number of anilines is 1. The molecule has 0 atom stereocenters. The molecule has 124 valence electrons. The van der Waals surface area contributed by atoms with E-state index >= 15 is 0 Å². The molecule has 0 saturated carbocycles. The Hall–Kier alpha value is -1.35. The summed E-state index contributed by atoms with van der Waals surface area (Å²) in [5.41, 5.74) is 1.19. The summed E-state index contributed by atoms with van der Waals surface area (Å²) in [7, 11) is 0. The molecule has 1 aromatic carbocycles. The molecule has 2 heterocycles. The third-order valence-corrected chi connectivity index (χ3v) is 5.71. The average molecular weight is 494 g/mol. The molecule has 10 heteroatoms. The van der Waals surface area contributed by atoms with E-state index in [-0.39, 0.29) is 11.6 Å². The van der Waals surface area contributed by atoms with Crippen LogP contribution in [0.5, 0.6) is 0 Å². The number of hydrogen-bond acceptors (Lipinski definition) is 3. The Bertz CT molecular complexity index is 908. The highest BCUT2D eigenvalue weighted by atomic mass is 79.9. The molecule has 1 amide bonds. The number of carbonyl (C=O) groups is 1. The van der Waals surface area contributed by atoms with Gasteiger partial charge in [-0.1, -0.05) is 29.3 Å². The van der Waals surface area contributed by atoms with Crippen LogP contribution in [0.2, 0.25) is 10.0 Å². The Balaban J connectivity index is 1.70. The van der Waals surface area contributed by atoms with Gasteiger partial charge >= 0.3 is 0 Å². The van der Waals surface area contributed by atoms with E-state index in [1.807, 2.05) is 6.07 Å². The SMILES string of the molecule is O=C(Nc1ccn(Cc2ccc(Cl)c(Cl)c2)n1)c1n[nH]c(Br)c1Br. The van der Waals surface area contributed by atoms with Crippen LogP contribution in [0.25, 0.3) is 0 Å². The van der Waals surface area contributed by atoms with Crippen molar-refractivity contribution < 1.29 is 4.79 Å². The van der Waals surface area contributed by atoms with Crippen molar-refractivity contribution in [3.63, 3.8) is 0 Å². The van der Waals surface area contributed by atoms with E-state index in [0.29, 0.717) is 31.5 Å². The van der Waals surface area contributed by atoms with Gasteiger partial charge in [0.05, 0.1) is 21.1 Å². The molecule has 0 saturated heterocycles. The second-order valence-corrected chi connectivity index (χ2v) is 7.20. The van der Waals surface area contributed by atoms with Crippen molar-refractivity contribution in [2.45, 2.75) is 6.54 Å². The van der Waals surface area contributed by atoms with Gasteiger partial charge in [0, 0.05) is 12.3 Å². The predicted molar refractivity (Wildman–Crippen MR) is 99.7 cm³/mol. The fraction of sp³-hybridized carbons (Fsp3) is 0.0714. The molecule has 24 heavy (non-hydrogen) atoms. The van der Waals surface area contributed by atoms with Crippen LogP contribution in [0.4, 0.5) is 5.82 Å². The largest absolute Gasteiger partial charge is 0.304 e. The van der Waals surface area contributed by atoms with Crippen molar-refractivity contribution in [3.05, 3.63) is 60.8 Å². The van der Waals surface area contributed by atoms with Gasteiger partial charge in [0.25, 0.3) is 5.91 Å². The number of carbonyl (C=O) groups excluding carboxylic acids is 1. The Morgan fingerprint density at radius 2 is 2.04 bits per heavy atom. The Morgan fingerprint density at radius 1 is 1.25 bits per heavy atom. The maximum Gasteiger partial charge on any atom is 0.278 e. The minimum atomic E-state index is -0.372. The van der Waals surface area contributed by atoms with E-state index in [1.54, 1.807) is 29.1 Å². The fourth-order valence-electron chi connectivity index (χ4n) is 1.97. The number of amides is 1. The first-order valence-corrected chi connectivity index (χ1v) is 8.96. The van der Waals surface area contributed by atoms with E-state index < -0.39 is 0 Å². The maximum atomic E-state index is 12.2. The zero-order chi connectivity index (χ0) is 17.3. The number of halogens is 4. The second kappa shape index (κ2) is 7.26. The minimum Gasteiger partial charge on any atom is -0.304 e. The molecule has 0 spiro atoms. The first-order valence-electron chi connectivity index (χ1n) is 6.62. The normalized spacial score (nSPS) is 10.8. The Kier molecular flexibility index (Phi) is 5.29. The molecule has 2 aromatic heterocycles. The lowest BCUT2D eigenvalue weighted by atomic mass is 10.2. The van der Waals surface area contributed by atoms with Crippen LogP contribution in [0.3, 0.4) is 0 Å². The minimum absolute atomic E-state index is 0.237. The predicted octanol–water partition coefficient (Wildman–Crippen LogP) is 4.74. The highest BCUT2D eigenvalue weighted by Gasteiger charge is 2.17. The number of nitrogens with zero attached hydrogens (tertiary/aromatic N) is 3. The van der Waals surface area contributed by atoms with Gasteiger partial charge < -0.3 is 5.32 Å². The molecular formula is C14H9Br2Cl2N5O. The van der Waals surface area contributed by atoms with Crippen LogP contribution < -0.4 is 5.32 Å². The van der Waals surface area contributed by atoms with Gasteiger partial charge in [0.1, 0.15) is 4.60 Å². The van der Waals surface area contributed by atoms with Gasteiger partial charge in [-0.15, -0.1) is 0 Å². The van der Waals surface area contributed by atoms with Crippen molar-refractivity contribution in [1.82, 2.24) is 20.0 Å². The zero-order valence-electron chi connectivity index (χ0n) is 11.9. The summed E-state index contributed by atoms with van der Waals surface area (Å²) in [6.07, 6.45) is 1.76. The number of benzene rings is 1. The number of H-pyrrole nitrogens is 1. The summed E-state index contributed by atoms with van der Waals surface area (Å²) < 4.78 is 2.83. The molecule has 0 aliphatic rings. The molecule has 0 radical (unpaired) electrons. The van der Waals surface area contributed by atoms with Gasteiger partial charge in [-0.3, -0.25) is 14.6 Å². The summed E-state index contributed by atoms with van der Waals surface area (Å²) >= 11 is 18.4. The third-order valence-electron chi connectivity index (χ3n) is 3.09. The molecule has 0 unspecified atom stereocenters. The smallest absolute Gasteiger partial charge is 0.278 e. The van der Waals surface area contributed by atoms with Gasteiger partial charge in [-0.2, -0.15) is 10.2 Å². The zero-order valence-corrected chi connectivity index (χ0v) is 16.5. The van der Waals surface area contributed by atoms with Gasteiger partial charge in [-0.25, -0.2) is 0 Å². The van der Waals surface area contributed by atoms with Gasteiger partial charge in [0.15, 0.2) is 11.5 Å². The lowest BCUT2D eigenvalue weighted by molar-refractivity contribution is 0.102. The van der Waals surface area contributed by atoms with Crippen LogP contribution in [0.15, 0.2) is 39.5 Å². The average Bonchev–Trinajstić information content (AvgIpc) is 3.11. The van der Waals surface area contributed by atoms with E-state index in [4.69, 9.17) is 23.2 Å². The van der Waals surface area contributed by atoms with Crippen molar-refractivity contribution in [2.75, 3.05) is 5.32 Å². The Morgan fingerprint density at radius 3 is 2.71 bits per heavy atom. The maximum absolute atomic E-state index is 12.2. The molecular weight excluding hydrogens is 485 g/mol. The van der Waals surface area contributed by atoms with Crippen LogP contribution in [0.1, 0.15) is 16.1 Å². The lowest BCUT2D eigenvalue weighted by Crippen LogP contribution is -2.14. The van der Waals surface area contributed by atoms with E-state index in [2.05, 4.69) is 52.5 Å². The quantitative estimate of drug-likeness (QED) is 0.551. The number of aromatic nitrogens is 4. The number of hydrogen-bond donors (Lipinski definition) is 2.